The quantitative estimate of drug-likeness (QED) is 0.638. The number of carbonyl (C=O) groups excluding carboxylic acids is 1. The van der Waals surface area contributed by atoms with Gasteiger partial charge in [-0.3, -0.25) is 9.69 Å². The Hall–Kier alpha value is -2.86. The zero-order valence-electron chi connectivity index (χ0n) is 16.1. The third-order valence-corrected chi connectivity index (χ3v) is 5.22. The van der Waals surface area contributed by atoms with Crippen LogP contribution in [-0.4, -0.2) is 45.0 Å². The number of imidazole rings is 1. The molecule has 1 fully saturated rings. The highest BCUT2D eigenvalue weighted by atomic mass is 16.3. The average Bonchev–Trinajstić information content (AvgIpc) is 3.01. The monoisotopic (exact) mass is 378 g/mol. The van der Waals surface area contributed by atoms with E-state index in [2.05, 4.69) is 20.2 Å². The highest BCUT2D eigenvalue weighted by Crippen LogP contribution is 2.18. The number of aryl methyl sites for hydroxylation is 1. The van der Waals surface area contributed by atoms with Crippen LogP contribution in [0.3, 0.4) is 0 Å². The van der Waals surface area contributed by atoms with Crippen LogP contribution in [0.2, 0.25) is 0 Å². The van der Waals surface area contributed by atoms with Gasteiger partial charge in [-0.05, 0) is 61.7 Å². The number of carbonyl (C=O) groups is 1. The molecule has 0 radical (unpaired) electrons. The fourth-order valence-corrected chi connectivity index (χ4v) is 3.99. The lowest BCUT2D eigenvalue weighted by Crippen LogP contribution is -2.47. The first-order chi connectivity index (χ1) is 13.5. The van der Waals surface area contributed by atoms with Gasteiger partial charge >= 0.3 is 0 Å². The summed E-state index contributed by atoms with van der Waals surface area (Å²) >= 11 is 0. The van der Waals surface area contributed by atoms with E-state index in [4.69, 9.17) is 0 Å². The predicted octanol–water partition coefficient (Wildman–Crippen LogP) is 2.90. The van der Waals surface area contributed by atoms with Crippen LogP contribution in [0.1, 0.15) is 29.8 Å². The molecule has 2 aromatic carbocycles. The number of hydrogen-bond acceptors (Lipinski definition) is 4. The van der Waals surface area contributed by atoms with Crippen LogP contribution in [0.4, 0.5) is 0 Å². The topological polar surface area (TPSA) is 81.2 Å². The van der Waals surface area contributed by atoms with E-state index in [9.17, 15) is 9.90 Å². The fraction of sp³-hybridized carbons (Fsp3) is 0.364. The summed E-state index contributed by atoms with van der Waals surface area (Å²) in [5.41, 5.74) is 3.98. The molecule has 1 unspecified atom stereocenters. The van der Waals surface area contributed by atoms with Crippen LogP contribution in [0.5, 0.6) is 5.75 Å². The van der Waals surface area contributed by atoms with Crippen LogP contribution >= 0.6 is 0 Å². The molecule has 6 heteroatoms. The van der Waals surface area contributed by atoms with E-state index in [-0.39, 0.29) is 11.9 Å². The number of aromatic amines is 1. The Morgan fingerprint density at radius 2 is 2.18 bits per heavy atom. The maximum atomic E-state index is 12.5. The summed E-state index contributed by atoms with van der Waals surface area (Å²) in [5.74, 6) is 1.23. The van der Waals surface area contributed by atoms with Gasteiger partial charge in [-0.1, -0.05) is 18.2 Å². The smallest absolute Gasteiger partial charge is 0.224 e. The van der Waals surface area contributed by atoms with E-state index in [0.29, 0.717) is 12.2 Å². The Morgan fingerprint density at radius 3 is 3.04 bits per heavy atom. The van der Waals surface area contributed by atoms with E-state index in [0.717, 1.165) is 60.5 Å². The number of likely N-dealkylation sites (tertiary alicyclic amines) is 1. The Kier molecular flexibility index (Phi) is 5.30. The summed E-state index contributed by atoms with van der Waals surface area (Å²) in [6.07, 6.45) is 2.43. The van der Waals surface area contributed by atoms with Crippen LogP contribution in [0, 0.1) is 6.92 Å². The molecule has 1 saturated heterocycles. The van der Waals surface area contributed by atoms with Crippen molar-refractivity contribution in [2.45, 2.75) is 38.8 Å². The second-order valence-corrected chi connectivity index (χ2v) is 7.66. The molecule has 6 nitrogen and oxygen atoms in total. The Bertz CT molecular complexity index is 982. The number of hydrogen-bond donors (Lipinski definition) is 3. The largest absolute Gasteiger partial charge is 0.508 e. The molecule has 1 aromatic heterocycles. The van der Waals surface area contributed by atoms with Gasteiger partial charge in [-0.25, -0.2) is 4.98 Å². The van der Waals surface area contributed by atoms with Gasteiger partial charge in [-0.2, -0.15) is 0 Å². The van der Waals surface area contributed by atoms with Gasteiger partial charge < -0.3 is 15.4 Å². The van der Waals surface area contributed by atoms with Crippen molar-refractivity contribution in [3.8, 4) is 5.75 Å². The van der Waals surface area contributed by atoms with Gasteiger partial charge in [0.1, 0.15) is 11.6 Å². The molecular formula is C22H26N4O2. The summed E-state index contributed by atoms with van der Waals surface area (Å²) in [7, 11) is 0. The molecule has 2 heterocycles. The van der Waals surface area contributed by atoms with Crippen molar-refractivity contribution in [1.82, 2.24) is 20.2 Å². The SMILES string of the molecule is Cc1nc2ccc(CC(=O)NC3CCCN(Cc4cccc(O)c4)C3)cc2[nH]1. The molecule has 0 bridgehead atoms. The van der Waals surface area contributed by atoms with E-state index in [1.165, 1.54) is 0 Å². The van der Waals surface area contributed by atoms with Crippen molar-refractivity contribution in [3.05, 3.63) is 59.4 Å². The van der Waals surface area contributed by atoms with E-state index < -0.39 is 0 Å². The standard InChI is InChI=1S/C22H26N4O2/c1-15-23-20-8-7-16(11-21(20)24-15)12-22(28)25-18-5-3-9-26(14-18)13-17-4-2-6-19(27)10-17/h2,4,6-8,10-11,18,27H,3,5,9,12-14H2,1H3,(H,23,24)(H,25,28). The van der Waals surface area contributed by atoms with Crippen LogP contribution in [-0.2, 0) is 17.8 Å². The second-order valence-electron chi connectivity index (χ2n) is 7.66. The molecule has 0 spiro atoms. The van der Waals surface area contributed by atoms with Crippen LogP contribution in [0.15, 0.2) is 42.5 Å². The summed E-state index contributed by atoms with van der Waals surface area (Å²) in [4.78, 5) is 22.5. The molecular weight excluding hydrogens is 352 g/mol. The highest BCUT2D eigenvalue weighted by molar-refractivity contribution is 5.82. The second kappa shape index (κ2) is 8.02. The lowest BCUT2D eigenvalue weighted by atomic mass is 10.0. The summed E-state index contributed by atoms with van der Waals surface area (Å²) in [6, 6.07) is 13.5. The first kappa shape index (κ1) is 18.5. The molecule has 3 aromatic rings. The van der Waals surface area contributed by atoms with E-state index >= 15 is 0 Å². The third kappa shape index (κ3) is 4.51. The zero-order valence-corrected chi connectivity index (χ0v) is 16.1. The first-order valence-corrected chi connectivity index (χ1v) is 9.80. The molecule has 1 aliphatic heterocycles. The molecule has 4 rings (SSSR count). The molecule has 1 aliphatic rings. The number of piperidine rings is 1. The summed E-state index contributed by atoms with van der Waals surface area (Å²) < 4.78 is 0. The molecule has 1 atom stereocenters. The van der Waals surface area contributed by atoms with Gasteiger partial charge in [0.05, 0.1) is 17.5 Å². The number of benzene rings is 2. The molecule has 146 valence electrons. The Morgan fingerprint density at radius 1 is 1.29 bits per heavy atom. The number of phenolic OH excluding ortho intramolecular Hbond substituents is 1. The third-order valence-electron chi connectivity index (χ3n) is 5.22. The minimum atomic E-state index is 0.0554. The van der Waals surface area contributed by atoms with Gasteiger partial charge in [-0.15, -0.1) is 0 Å². The van der Waals surface area contributed by atoms with Crippen molar-refractivity contribution >= 4 is 16.9 Å². The van der Waals surface area contributed by atoms with Crippen molar-refractivity contribution < 1.29 is 9.90 Å². The number of nitrogens with one attached hydrogen (secondary N) is 2. The van der Waals surface area contributed by atoms with E-state index in [1.807, 2.05) is 37.3 Å². The van der Waals surface area contributed by atoms with Crippen molar-refractivity contribution in [2.75, 3.05) is 13.1 Å². The highest BCUT2D eigenvalue weighted by Gasteiger charge is 2.21. The molecule has 3 N–H and O–H groups in total. The van der Waals surface area contributed by atoms with Gasteiger partial charge in [0.25, 0.3) is 0 Å². The average molecular weight is 378 g/mol. The van der Waals surface area contributed by atoms with Crippen LogP contribution < -0.4 is 5.32 Å². The maximum absolute atomic E-state index is 12.5. The van der Waals surface area contributed by atoms with Gasteiger partial charge in [0.2, 0.25) is 5.91 Å². The molecule has 0 aliphatic carbocycles. The molecule has 0 saturated carbocycles. The number of H-pyrrole nitrogens is 1. The predicted molar refractivity (Wildman–Crippen MR) is 109 cm³/mol. The zero-order chi connectivity index (χ0) is 19.5. The van der Waals surface area contributed by atoms with Gasteiger partial charge in [0, 0.05) is 19.1 Å². The lowest BCUT2D eigenvalue weighted by molar-refractivity contribution is -0.121. The maximum Gasteiger partial charge on any atom is 0.224 e. The normalized spacial score (nSPS) is 17.7. The lowest BCUT2D eigenvalue weighted by Gasteiger charge is -2.33. The number of phenols is 1. The molecule has 28 heavy (non-hydrogen) atoms. The minimum Gasteiger partial charge on any atom is -0.508 e. The number of aromatic hydroxyl groups is 1. The van der Waals surface area contributed by atoms with Crippen molar-refractivity contribution in [3.63, 3.8) is 0 Å². The molecule has 1 amide bonds. The number of rotatable bonds is 5. The summed E-state index contributed by atoms with van der Waals surface area (Å²) in [5, 5.41) is 12.8. The number of aromatic nitrogens is 2. The van der Waals surface area contributed by atoms with Crippen LogP contribution in [0.25, 0.3) is 11.0 Å². The minimum absolute atomic E-state index is 0.0554. The Balaban J connectivity index is 1.33. The fourth-order valence-electron chi connectivity index (χ4n) is 3.99. The number of nitrogens with zero attached hydrogens (tertiary/aromatic N) is 2. The van der Waals surface area contributed by atoms with Gasteiger partial charge in [0.15, 0.2) is 0 Å². The Labute approximate surface area is 164 Å². The number of fused-ring (bicyclic) bond motifs is 1. The van der Waals surface area contributed by atoms with E-state index in [1.54, 1.807) is 12.1 Å². The van der Waals surface area contributed by atoms with Crippen molar-refractivity contribution in [2.24, 2.45) is 0 Å². The first-order valence-electron chi connectivity index (χ1n) is 9.80. The summed E-state index contributed by atoms with van der Waals surface area (Å²) in [6.45, 7) is 4.56. The number of amides is 1. The van der Waals surface area contributed by atoms with Crippen molar-refractivity contribution in [1.29, 1.82) is 0 Å².